The van der Waals surface area contributed by atoms with Gasteiger partial charge in [-0.1, -0.05) is 18.2 Å². The normalized spacial score (nSPS) is 30.5. The summed E-state index contributed by atoms with van der Waals surface area (Å²) >= 11 is 1.95. The van der Waals surface area contributed by atoms with Gasteiger partial charge in [0.15, 0.2) is 0 Å². The van der Waals surface area contributed by atoms with E-state index in [4.69, 9.17) is 0 Å². The number of nitrogens with zero attached hydrogens (tertiary/aromatic N) is 1. The molecule has 0 saturated carbocycles. The van der Waals surface area contributed by atoms with E-state index >= 15 is 0 Å². The van der Waals surface area contributed by atoms with Crippen LogP contribution in [0.4, 0.5) is 0 Å². The van der Waals surface area contributed by atoms with E-state index < -0.39 is 5.97 Å². The van der Waals surface area contributed by atoms with Crippen LogP contribution in [-0.4, -0.2) is 40.4 Å². The third-order valence-corrected chi connectivity index (χ3v) is 5.66. The van der Waals surface area contributed by atoms with Gasteiger partial charge in [-0.15, -0.1) is 11.8 Å². The number of hydrogen-bond donors (Lipinski definition) is 1. The van der Waals surface area contributed by atoms with Gasteiger partial charge in [-0.3, -0.25) is 9.69 Å². The predicted octanol–water partition coefficient (Wildman–Crippen LogP) is 2.50. The highest BCUT2D eigenvalue weighted by Gasteiger charge is 2.37. The van der Waals surface area contributed by atoms with Gasteiger partial charge < -0.3 is 5.11 Å². The number of carbonyl (C=O) groups is 1. The molecule has 1 aromatic carbocycles. The van der Waals surface area contributed by atoms with Crippen molar-refractivity contribution < 1.29 is 9.90 Å². The summed E-state index contributed by atoms with van der Waals surface area (Å²) in [7, 11) is 0. The van der Waals surface area contributed by atoms with Gasteiger partial charge in [0.25, 0.3) is 0 Å². The molecule has 2 heterocycles. The first-order valence-corrected chi connectivity index (χ1v) is 7.74. The highest BCUT2D eigenvalue weighted by molar-refractivity contribution is 8.00. The minimum Gasteiger partial charge on any atom is -0.481 e. The van der Waals surface area contributed by atoms with E-state index in [2.05, 4.69) is 36.1 Å². The lowest BCUT2D eigenvalue weighted by atomic mass is 10.0. The highest BCUT2D eigenvalue weighted by Crippen LogP contribution is 2.38. The first-order chi connectivity index (χ1) is 9.15. The van der Waals surface area contributed by atoms with E-state index in [-0.39, 0.29) is 12.0 Å². The number of thioether (sulfide) groups is 1. The van der Waals surface area contributed by atoms with Crippen molar-refractivity contribution in [2.45, 2.75) is 36.0 Å². The van der Waals surface area contributed by atoms with Crippen LogP contribution >= 0.6 is 11.8 Å². The SMILES string of the molecule is CC1C(C(=O)O)CCN1CC1Cc2ccccc2S1. The molecule has 102 valence electrons. The summed E-state index contributed by atoms with van der Waals surface area (Å²) in [6.45, 7) is 3.98. The molecule has 1 N–H and O–H groups in total. The Kier molecular flexibility index (Phi) is 3.54. The quantitative estimate of drug-likeness (QED) is 0.921. The second-order valence-corrected chi connectivity index (χ2v) is 6.86. The number of benzene rings is 1. The van der Waals surface area contributed by atoms with Gasteiger partial charge in [0.2, 0.25) is 0 Å². The lowest BCUT2D eigenvalue weighted by Gasteiger charge is -2.25. The zero-order valence-electron chi connectivity index (χ0n) is 11.1. The van der Waals surface area contributed by atoms with Gasteiger partial charge in [0, 0.05) is 22.7 Å². The van der Waals surface area contributed by atoms with Crippen LogP contribution in [0.1, 0.15) is 18.9 Å². The van der Waals surface area contributed by atoms with E-state index in [0.717, 1.165) is 25.9 Å². The Hall–Kier alpha value is -1.00. The molecular weight excluding hydrogens is 258 g/mol. The molecule has 0 aliphatic carbocycles. The van der Waals surface area contributed by atoms with Crippen LogP contribution in [0.5, 0.6) is 0 Å². The minimum atomic E-state index is -0.641. The molecule has 0 bridgehead atoms. The summed E-state index contributed by atoms with van der Waals surface area (Å²) in [5, 5.41) is 9.75. The summed E-state index contributed by atoms with van der Waals surface area (Å²) in [5.74, 6) is -0.828. The second kappa shape index (κ2) is 5.17. The lowest BCUT2D eigenvalue weighted by molar-refractivity contribution is -0.142. The average Bonchev–Trinajstić information content (AvgIpc) is 2.94. The number of carboxylic acid groups (broad SMARTS) is 1. The zero-order valence-corrected chi connectivity index (χ0v) is 11.9. The molecule has 1 saturated heterocycles. The molecular formula is C15H19NO2S. The van der Waals surface area contributed by atoms with Crippen molar-refractivity contribution in [1.29, 1.82) is 0 Å². The maximum absolute atomic E-state index is 11.1. The molecule has 0 radical (unpaired) electrons. The van der Waals surface area contributed by atoms with Crippen molar-refractivity contribution >= 4 is 17.7 Å². The van der Waals surface area contributed by atoms with Crippen LogP contribution in [0.3, 0.4) is 0 Å². The number of fused-ring (bicyclic) bond motifs is 1. The third kappa shape index (κ3) is 2.51. The number of rotatable bonds is 3. The second-order valence-electron chi connectivity index (χ2n) is 5.52. The van der Waals surface area contributed by atoms with Crippen molar-refractivity contribution in [3.8, 4) is 0 Å². The van der Waals surface area contributed by atoms with Crippen LogP contribution in [0.2, 0.25) is 0 Å². The molecule has 1 aromatic rings. The van der Waals surface area contributed by atoms with E-state index in [1.165, 1.54) is 10.5 Å². The zero-order chi connectivity index (χ0) is 13.4. The maximum atomic E-state index is 11.1. The van der Waals surface area contributed by atoms with Crippen molar-refractivity contribution in [2.75, 3.05) is 13.1 Å². The fourth-order valence-corrected chi connectivity index (χ4v) is 4.56. The summed E-state index contributed by atoms with van der Waals surface area (Å²) in [4.78, 5) is 14.9. The lowest BCUT2D eigenvalue weighted by Crippen LogP contribution is -2.37. The number of likely N-dealkylation sites (tertiary alicyclic amines) is 1. The van der Waals surface area contributed by atoms with E-state index in [0.29, 0.717) is 5.25 Å². The van der Waals surface area contributed by atoms with Gasteiger partial charge in [0.1, 0.15) is 0 Å². The Morgan fingerprint density at radius 2 is 2.26 bits per heavy atom. The van der Waals surface area contributed by atoms with Gasteiger partial charge in [0.05, 0.1) is 5.92 Å². The third-order valence-electron chi connectivity index (χ3n) is 4.35. The van der Waals surface area contributed by atoms with Crippen LogP contribution in [0, 0.1) is 5.92 Å². The summed E-state index contributed by atoms with van der Waals surface area (Å²) in [6, 6.07) is 8.75. The molecule has 2 aliphatic heterocycles. The van der Waals surface area contributed by atoms with Crippen LogP contribution in [0.15, 0.2) is 29.2 Å². The molecule has 2 aliphatic rings. The first kappa shape index (κ1) is 13.0. The van der Waals surface area contributed by atoms with Crippen molar-refractivity contribution in [3.05, 3.63) is 29.8 Å². The Bertz CT molecular complexity index is 466. The van der Waals surface area contributed by atoms with E-state index in [1.807, 2.05) is 11.8 Å². The fraction of sp³-hybridized carbons (Fsp3) is 0.533. The molecule has 0 aromatic heterocycles. The molecule has 3 rings (SSSR count). The van der Waals surface area contributed by atoms with E-state index in [1.54, 1.807) is 0 Å². The van der Waals surface area contributed by atoms with Crippen LogP contribution in [0.25, 0.3) is 0 Å². The first-order valence-electron chi connectivity index (χ1n) is 6.86. The molecule has 1 fully saturated rings. The highest BCUT2D eigenvalue weighted by atomic mass is 32.2. The van der Waals surface area contributed by atoms with E-state index in [9.17, 15) is 9.90 Å². The standard InChI is InChI=1S/C15H19NO2S/c1-10-13(15(17)18)6-7-16(10)9-12-8-11-4-2-3-5-14(11)19-12/h2-5,10,12-13H,6-9H2,1H3,(H,17,18). The van der Waals surface area contributed by atoms with Crippen molar-refractivity contribution in [3.63, 3.8) is 0 Å². The topological polar surface area (TPSA) is 40.5 Å². The van der Waals surface area contributed by atoms with Gasteiger partial charge in [-0.05, 0) is 37.9 Å². The van der Waals surface area contributed by atoms with Gasteiger partial charge in [-0.2, -0.15) is 0 Å². The van der Waals surface area contributed by atoms with Gasteiger partial charge in [-0.25, -0.2) is 0 Å². The summed E-state index contributed by atoms with van der Waals surface area (Å²) in [5.41, 5.74) is 1.44. The Morgan fingerprint density at radius 3 is 2.95 bits per heavy atom. The predicted molar refractivity (Wildman–Crippen MR) is 76.6 cm³/mol. The molecule has 19 heavy (non-hydrogen) atoms. The molecule has 3 nitrogen and oxygen atoms in total. The summed E-state index contributed by atoms with van der Waals surface area (Å²) in [6.07, 6.45) is 1.91. The summed E-state index contributed by atoms with van der Waals surface area (Å²) < 4.78 is 0. The minimum absolute atomic E-state index is 0.168. The molecule has 4 heteroatoms. The monoisotopic (exact) mass is 277 g/mol. The Morgan fingerprint density at radius 1 is 1.47 bits per heavy atom. The van der Waals surface area contributed by atoms with Crippen molar-refractivity contribution in [2.24, 2.45) is 5.92 Å². The Balaban J connectivity index is 1.61. The molecule has 3 atom stereocenters. The number of aliphatic carboxylic acids is 1. The average molecular weight is 277 g/mol. The Labute approximate surface area is 118 Å². The molecule has 3 unspecified atom stereocenters. The van der Waals surface area contributed by atoms with Crippen molar-refractivity contribution in [1.82, 2.24) is 4.90 Å². The largest absolute Gasteiger partial charge is 0.481 e. The fourth-order valence-electron chi connectivity index (χ4n) is 3.21. The van der Waals surface area contributed by atoms with Crippen LogP contribution in [-0.2, 0) is 11.2 Å². The molecule has 0 amide bonds. The van der Waals surface area contributed by atoms with Crippen LogP contribution < -0.4 is 0 Å². The number of hydrogen-bond acceptors (Lipinski definition) is 3. The van der Waals surface area contributed by atoms with Gasteiger partial charge >= 0.3 is 5.97 Å². The maximum Gasteiger partial charge on any atom is 0.308 e. The smallest absolute Gasteiger partial charge is 0.308 e. The number of carboxylic acids is 1. The molecule has 0 spiro atoms.